The number of carbonyl (C=O) groups excluding carboxylic acids is 1. The zero-order chi connectivity index (χ0) is 25.7. The molecule has 2 atom stereocenters. The molecule has 1 amide bonds. The second-order valence-corrected chi connectivity index (χ2v) is 8.85. The monoisotopic (exact) mass is 533 g/mol. The van der Waals surface area contributed by atoms with E-state index >= 15 is 0 Å². The Morgan fingerprint density at radius 1 is 1.06 bits per heavy atom. The summed E-state index contributed by atoms with van der Waals surface area (Å²) in [5.41, 5.74) is 8.02. The van der Waals surface area contributed by atoms with E-state index < -0.39 is 17.5 Å². The van der Waals surface area contributed by atoms with Crippen LogP contribution < -0.4 is 26.2 Å². The van der Waals surface area contributed by atoms with Crippen molar-refractivity contribution >= 4 is 35.1 Å². The minimum atomic E-state index is -0.710. The molecule has 0 saturated carbocycles. The van der Waals surface area contributed by atoms with Gasteiger partial charge in [-0.1, -0.05) is 41.4 Å². The number of nitrogens with zero attached hydrogens (tertiary/aromatic N) is 1. The van der Waals surface area contributed by atoms with Crippen LogP contribution in [0, 0.1) is 11.6 Å². The fourth-order valence-electron chi connectivity index (χ4n) is 3.62. The molecule has 1 saturated heterocycles. The highest BCUT2D eigenvalue weighted by Crippen LogP contribution is 2.24. The molecule has 1 aliphatic heterocycles. The lowest BCUT2D eigenvalue weighted by molar-refractivity contribution is 0.0975. The quantitative estimate of drug-likeness (QED) is 0.272. The predicted octanol–water partition coefficient (Wildman–Crippen LogP) is 4.72. The molecule has 3 aromatic rings. The van der Waals surface area contributed by atoms with Gasteiger partial charge in [-0.25, -0.2) is 24.6 Å². The van der Waals surface area contributed by atoms with Gasteiger partial charge >= 0.3 is 0 Å². The summed E-state index contributed by atoms with van der Waals surface area (Å²) in [5, 5.41) is 5.94. The van der Waals surface area contributed by atoms with Gasteiger partial charge in [0.15, 0.2) is 5.96 Å². The van der Waals surface area contributed by atoms with E-state index in [1.54, 1.807) is 7.11 Å². The smallest absolute Gasteiger partial charge is 0.258 e. The molecule has 4 rings (SSSR count). The number of rotatable bonds is 6. The number of hydrogen-bond donors (Lipinski definition) is 4. The zero-order valence-electron chi connectivity index (χ0n) is 19.1. The first-order chi connectivity index (χ1) is 17.3. The van der Waals surface area contributed by atoms with E-state index in [2.05, 4.69) is 26.5 Å². The van der Waals surface area contributed by atoms with Crippen LogP contribution in [0.3, 0.4) is 0 Å². The van der Waals surface area contributed by atoms with Gasteiger partial charge in [0.1, 0.15) is 17.4 Å². The summed E-state index contributed by atoms with van der Waals surface area (Å²) in [6.45, 7) is 0.0682. The van der Waals surface area contributed by atoms with Gasteiger partial charge in [-0.3, -0.25) is 10.1 Å². The number of aliphatic imine (C=N–C) groups is 1. The third-order valence-corrected chi connectivity index (χ3v) is 6.23. The second-order valence-electron chi connectivity index (χ2n) is 8.03. The molecule has 4 N–H and O–H groups in total. The van der Waals surface area contributed by atoms with E-state index in [4.69, 9.17) is 27.9 Å². The molecule has 0 spiro atoms. The summed E-state index contributed by atoms with van der Waals surface area (Å²) in [6, 6.07) is 15.4. The van der Waals surface area contributed by atoms with Gasteiger partial charge in [0, 0.05) is 23.0 Å². The minimum absolute atomic E-state index is 0.0118. The second kappa shape index (κ2) is 11.7. The third kappa shape index (κ3) is 6.50. The van der Waals surface area contributed by atoms with Crippen molar-refractivity contribution in [1.82, 2.24) is 21.5 Å². The fraction of sp³-hybridized carbons (Fsp3) is 0.200. The third-order valence-electron chi connectivity index (χ3n) is 5.57. The SMILES string of the molecule is COc1ccc(C2CC(NC(=NCc3ccc(F)cc3Cl)NC(=O)c3ccc(Cl)c(F)c3)NN2)cc1. The van der Waals surface area contributed by atoms with Gasteiger partial charge in [-0.15, -0.1) is 0 Å². The van der Waals surface area contributed by atoms with E-state index in [1.165, 1.54) is 30.3 Å². The molecule has 0 bridgehead atoms. The largest absolute Gasteiger partial charge is 0.497 e. The van der Waals surface area contributed by atoms with Crippen molar-refractivity contribution < 1.29 is 18.3 Å². The molecule has 11 heteroatoms. The van der Waals surface area contributed by atoms with Gasteiger partial charge in [-0.2, -0.15) is 0 Å². The molecular formula is C25H23Cl2F2N5O2. The van der Waals surface area contributed by atoms with Crippen molar-refractivity contribution in [3.8, 4) is 5.75 Å². The molecule has 1 heterocycles. The van der Waals surface area contributed by atoms with Gasteiger partial charge in [0.2, 0.25) is 0 Å². The first-order valence-electron chi connectivity index (χ1n) is 11.0. The summed E-state index contributed by atoms with van der Waals surface area (Å²) in [5.74, 6) is -0.868. The number of benzene rings is 3. The van der Waals surface area contributed by atoms with E-state index in [0.717, 1.165) is 17.4 Å². The first-order valence-corrected chi connectivity index (χ1v) is 11.7. The highest BCUT2D eigenvalue weighted by atomic mass is 35.5. The molecule has 0 aromatic heterocycles. The molecule has 7 nitrogen and oxygen atoms in total. The summed E-state index contributed by atoms with van der Waals surface area (Å²) in [7, 11) is 1.61. The van der Waals surface area contributed by atoms with Crippen LogP contribution in [0.2, 0.25) is 10.0 Å². The maximum atomic E-state index is 13.9. The summed E-state index contributed by atoms with van der Waals surface area (Å²) < 4.78 is 32.5. The van der Waals surface area contributed by atoms with E-state index in [9.17, 15) is 13.6 Å². The highest BCUT2D eigenvalue weighted by molar-refractivity contribution is 6.31. The van der Waals surface area contributed by atoms with Crippen molar-refractivity contribution in [3.05, 3.63) is 99.0 Å². The predicted molar refractivity (Wildman–Crippen MR) is 135 cm³/mol. The van der Waals surface area contributed by atoms with Gasteiger partial charge in [0.25, 0.3) is 5.91 Å². The maximum absolute atomic E-state index is 13.9. The topological polar surface area (TPSA) is 86.8 Å². The molecule has 188 valence electrons. The Morgan fingerprint density at radius 3 is 2.53 bits per heavy atom. The summed E-state index contributed by atoms with van der Waals surface area (Å²) in [6.07, 6.45) is 0.315. The van der Waals surface area contributed by atoms with Crippen molar-refractivity contribution in [2.75, 3.05) is 7.11 Å². The molecule has 36 heavy (non-hydrogen) atoms. The average molecular weight is 534 g/mol. The van der Waals surface area contributed by atoms with Crippen molar-refractivity contribution in [1.29, 1.82) is 0 Å². The number of ether oxygens (including phenoxy) is 1. The Bertz CT molecular complexity index is 1270. The first kappa shape index (κ1) is 25.8. The van der Waals surface area contributed by atoms with Crippen LogP contribution >= 0.6 is 23.2 Å². The number of carbonyl (C=O) groups is 1. The van der Waals surface area contributed by atoms with Crippen molar-refractivity contribution in [3.63, 3.8) is 0 Å². The van der Waals surface area contributed by atoms with Crippen LogP contribution in [0.15, 0.2) is 65.7 Å². The summed E-state index contributed by atoms with van der Waals surface area (Å²) >= 11 is 11.8. The number of guanidine groups is 1. The summed E-state index contributed by atoms with van der Waals surface area (Å²) in [4.78, 5) is 17.2. The maximum Gasteiger partial charge on any atom is 0.258 e. The van der Waals surface area contributed by atoms with E-state index in [0.29, 0.717) is 12.0 Å². The Kier molecular flexibility index (Phi) is 8.37. The Morgan fingerprint density at radius 2 is 1.83 bits per heavy atom. The average Bonchev–Trinajstić information content (AvgIpc) is 3.33. The number of halogens is 4. The fourth-order valence-corrected chi connectivity index (χ4v) is 3.97. The Balaban J connectivity index is 1.49. The van der Waals surface area contributed by atoms with Crippen molar-refractivity contribution in [2.24, 2.45) is 4.99 Å². The Hall–Kier alpha value is -3.24. The molecule has 3 aromatic carbocycles. The van der Waals surface area contributed by atoms with Crippen LogP contribution in [0.25, 0.3) is 0 Å². The van der Waals surface area contributed by atoms with Crippen LogP contribution in [-0.2, 0) is 6.54 Å². The normalized spacial score (nSPS) is 17.6. The number of amides is 1. The lowest BCUT2D eigenvalue weighted by Gasteiger charge is -2.17. The standard InChI is InChI=1S/C25H23Cl2F2N5O2/c1-36-18-7-3-14(4-8-18)22-12-23(34-33-22)31-25(30-13-16-2-6-17(28)11-20(16)27)32-24(35)15-5-9-19(26)21(29)10-15/h2-11,22-23,33-34H,12-13H2,1H3,(H2,30,31,32,35). The minimum Gasteiger partial charge on any atom is -0.497 e. The van der Waals surface area contributed by atoms with Gasteiger partial charge in [-0.05, 0) is 53.6 Å². The van der Waals surface area contributed by atoms with Crippen molar-refractivity contribution in [2.45, 2.75) is 25.2 Å². The molecule has 2 unspecified atom stereocenters. The number of methoxy groups -OCH3 is 1. The van der Waals surface area contributed by atoms with Crippen LogP contribution in [0.5, 0.6) is 5.75 Å². The van der Waals surface area contributed by atoms with E-state index in [-0.39, 0.29) is 40.3 Å². The number of nitrogens with one attached hydrogen (secondary N) is 4. The zero-order valence-corrected chi connectivity index (χ0v) is 20.6. The van der Waals surface area contributed by atoms with Crippen LogP contribution in [0.4, 0.5) is 8.78 Å². The molecular weight excluding hydrogens is 511 g/mol. The molecule has 0 aliphatic carbocycles. The van der Waals surface area contributed by atoms with Gasteiger partial charge < -0.3 is 10.1 Å². The Labute approximate surface area is 216 Å². The van der Waals surface area contributed by atoms with E-state index in [1.807, 2.05) is 24.3 Å². The highest BCUT2D eigenvalue weighted by Gasteiger charge is 2.26. The van der Waals surface area contributed by atoms with Gasteiger partial charge in [0.05, 0.1) is 24.8 Å². The number of hydrogen-bond acceptors (Lipinski definition) is 5. The lowest BCUT2D eigenvalue weighted by atomic mass is 10.0. The van der Waals surface area contributed by atoms with Crippen LogP contribution in [0.1, 0.15) is 33.9 Å². The molecule has 0 radical (unpaired) electrons. The van der Waals surface area contributed by atoms with Crippen LogP contribution in [-0.4, -0.2) is 25.1 Å². The number of hydrazine groups is 1. The lowest BCUT2D eigenvalue weighted by Crippen LogP contribution is -2.50. The molecule has 1 fully saturated rings. The molecule has 1 aliphatic rings.